The second-order valence-corrected chi connectivity index (χ2v) is 4.86. The Balaban J connectivity index is 1.96. The highest BCUT2D eigenvalue weighted by Crippen LogP contribution is 2.12. The third-order valence-electron chi connectivity index (χ3n) is 3.29. The lowest BCUT2D eigenvalue weighted by molar-refractivity contribution is -0.133. The number of nitrogens with one attached hydrogen (secondary N) is 1. The van der Waals surface area contributed by atoms with Gasteiger partial charge in [-0.25, -0.2) is 4.79 Å². The van der Waals surface area contributed by atoms with Crippen LogP contribution in [0.1, 0.15) is 28.8 Å². The molecular weight excluding hydrogens is 260 g/mol. The molecule has 0 aromatic heterocycles. The van der Waals surface area contributed by atoms with Crippen molar-refractivity contribution in [2.45, 2.75) is 25.4 Å². The minimum absolute atomic E-state index is 0.0949. The van der Waals surface area contributed by atoms with E-state index < -0.39 is 12.0 Å². The first-order valence-electron chi connectivity index (χ1n) is 6.34. The average Bonchev–Trinajstić information content (AvgIpc) is 2.85. The van der Waals surface area contributed by atoms with Crippen LogP contribution in [0.15, 0.2) is 24.3 Å². The fraction of sp³-hybridized carbons (Fsp3) is 0.357. The fourth-order valence-corrected chi connectivity index (χ4v) is 2.17. The number of carboxylic acids is 1. The zero-order valence-electron chi connectivity index (χ0n) is 11.1. The molecule has 20 heavy (non-hydrogen) atoms. The average molecular weight is 276 g/mol. The summed E-state index contributed by atoms with van der Waals surface area (Å²) in [5, 5.41) is 11.4. The number of carboxylic acid groups (broad SMARTS) is 1. The molecule has 2 amide bonds. The molecule has 2 N–H and O–H groups in total. The summed E-state index contributed by atoms with van der Waals surface area (Å²) in [4.78, 5) is 35.5. The number of benzene rings is 1. The van der Waals surface area contributed by atoms with E-state index in [1.54, 1.807) is 19.2 Å². The number of aromatic carboxylic acids is 1. The summed E-state index contributed by atoms with van der Waals surface area (Å²) in [6, 6.07) is 5.94. The number of carbonyl (C=O) groups is 3. The highest BCUT2D eigenvalue weighted by molar-refractivity contribution is 5.90. The maximum absolute atomic E-state index is 12.1. The van der Waals surface area contributed by atoms with Gasteiger partial charge >= 0.3 is 5.97 Å². The third-order valence-corrected chi connectivity index (χ3v) is 3.29. The van der Waals surface area contributed by atoms with Gasteiger partial charge in [0, 0.05) is 20.0 Å². The maximum atomic E-state index is 12.1. The molecule has 6 heteroatoms. The number of nitrogens with zero attached hydrogens (tertiary/aromatic N) is 1. The summed E-state index contributed by atoms with van der Waals surface area (Å²) < 4.78 is 0. The van der Waals surface area contributed by atoms with Crippen molar-refractivity contribution in [3.63, 3.8) is 0 Å². The second-order valence-electron chi connectivity index (χ2n) is 4.86. The third kappa shape index (κ3) is 3.14. The molecule has 0 saturated carbocycles. The molecule has 0 spiro atoms. The van der Waals surface area contributed by atoms with Crippen molar-refractivity contribution in [1.29, 1.82) is 0 Å². The van der Waals surface area contributed by atoms with Gasteiger partial charge in [0.2, 0.25) is 11.8 Å². The molecule has 1 heterocycles. The standard InChI is InChI=1S/C14H16N2O4/c1-16(13(18)11-6-7-12(17)15-11)8-9-2-4-10(5-3-9)14(19)20/h2-5,11H,6-8H2,1H3,(H,15,17)(H,19,20)/t11-/m0/s1. The summed E-state index contributed by atoms with van der Waals surface area (Å²) in [5.41, 5.74) is 1.06. The van der Waals surface area contributed by atoms with Crippen molar-refractivity contribution in [3.8, 4) is 0 Å². The van der Waals surface area contributed by atoms with Gasteiger partial charge in [-0.2, -0.15) is 0 Å². The summed E-state index contributed by atoms with van der Waals surface area (Å²) >= 11 is 0. The number of carbonyl (C=O) groups excluding carboxylic acids is 2. The molecule has 0 aliphatic carbocycles. The summed E-state index contributed by atoms with van der Waals surface area (Å²) in [5.74, 6) is -1.20. The first-order valence-corrected chi connectivity index (χ1v) is 6.34. The molecule has 1 saturated heterocycles. The van der Waals surface area contributed by atoms with Gasteiger partial charge in [-0.3, -0.25) is 9.59 Å². The smallest absolute Gasteiger partial charge is 0.335 e. The van der Waals surface area contributed by atoms with Crippen molar-refractivity contribution in [2.75, 3.05) is 7.05 Å². The van der Waals surface area contributed by atoms with Crippen LogP contribution in [0.5, 0.6) is 0 Å². The topological polar surface area (TPSA) is 86.7 Å². The Hall–Kier alpha value is -2.37. The molecule has 0 bridgehead atoms. The van der Waals surface area contributed by atoms with Gasteiger partial charge in [0.25, 0.3) is 0 Å². The van der Waals surface area contributed by atoms with E-state index in [0.29, 0.717) is 19.4 Å². The van der Waals surface area contributed by atoms with Crippen molar-refractivity contribution in [3.05, 3.63) is 35.4 Å². The van der Waals surface area contributed by atoms with Crippen LogP contribution in [0.3, 0.4) is 0 Å². The lowest BCUT2D eigenvalue weighted by Gasteiger charge is -2.21. The van der Waals surface area contributed by atoms with E-state index in [0.717, 1.165) is 5.56 Å². The predicted molar refractivity (Wildman–Crippen MR) is 71.0 cm³/mol. The van der Waals surface area contributed by atoms with E-state index in [9.17, 15) is 14.4 Å². The van der Waals surface area contributed by atoms with Crippen LogP contribution >= 0.6 is 0 Å². The monoisotopic (exact) mass is 276 g/mol. The Morgan fingerprint density at radius 2 is 2.00 bits per heavy atom. The van der Waals surface area contributed by atoms with Crippen LogP contribution in [0, 0.1) is 0 Å². The molecule has 2 rings (SSSR count). The summed E-state index contributed by atoms with van der Waals surface area (Å²) in [6.07, 6.45) is 0.914. The molecule has 1 aliphatic heterocycles. The van der Waals surface area contributed by atoms with Gasteiger partial charge in [-0.1, -0.05) is 12.1 Å². The Bertz CT molecular complexity index is 539. The van der Waals surface area contributed by atoms with Gasteiger partial charge in [-0.05, 0) is 24.1 Å². The predicted octanol–water partition coefficient (Wildman–Crippen LogP) is 0.622. The van der Waals surface area contributed by atoms with Crippen LogP contribution < -0.4 is 5.32 Å². The Morgan fingerprint density at radius 1 is 1.35 bits per heavy atom. The molecule has 1 fully saturated rings. The second kappa shape index (κ2) is 5.73. The van der Waals surface area contributed by atoms with Gasteiger partial charge in [0.1, 0.15) is 6.04 Å². The largest absolute Gasteiger partial charge is 0.478 e. The highest BCUT2D eigenvalue weighted by Gasteiger charge is 2.29. The molecular formula is C14H16N2O4. The Labute approximate surface area is 116 Å². The first kappa shape index (κ1) is 14.0. The molecule has 1 aromatic carbocycles. The number of likely N-dealkylation sites (N-methyl/N-ethyl adjacent to an activating group) is 1. The van der Waals surface area contributed by atoms with E-state index in [4.69, 9.17) is 5.11 Å². The van der Waals surface area contributed by atoms with E-state index in [-0.39, 0.29) is 17.4 Å². The Morgan fingerprint density at radius 3 is 2.50 bits per heavy atom. The zero-order chi connectivity index (χ0) is 14.7. The van der Waals surface area contributed by atoms with Gasteiger partial charge in [0.05, 0.1) is 5.56 Å². The van der Waals surface area contributed by atoms with E-state index >= 15 is 0 Å². The van der Waals surface area contributed by atoms with Crippen LogP contribution in [0.4, 0.5) is 0 Å². The summed E-state index contributed by atoms with van der Waals surface area (Å²) in [6.45, 7) is 0.380. The highest BCUT2D eigenvalue weighted by atomic mass is 16.4. The number of hydrogen-bond acceptors (Lipinski definition) is 3. The lowest BCUT2D eigenvalue weighted by atomic mass is 10.1. The van der Waals surface area contributed by atoms with Crippen molar-refractivity contribution < 1.29 is 19.5 Å². The summed E-state index contributed by atoms with van der Waals surface area (Å²) in [7, 11) is 1.66. The van der Waals surface area contributed by atoms with Crippen molar-refractivity contribution >= 4 is 17.8 Å². The van der Waals surface area contributed by atoms with Gasteiger partial charge < -0.3 is 15.3 Å². The first-order chi connectivity index (χ1) is 9.47. The van der Waals surface area contributed by atoms with E-state index in [2.05, 4.69) is 5.32 Å². The van der Waals surface area contributed by atoms with Crippen molar-refractivity contribution in [1.82, 2.24) is 10.2 Å². The number of hydrogen-bond donors (Lipinski definition) is 2. The molecule has 0 unspecified atom stereocenters. The fourth-order valence-electron chi connectivity index (χ4n) is 2.17. The molecule has 106 valence electrons. The number of rotatable bonds is 4. The molecule has 1 aliphatic rings. The number of amides is 2. The zero-order valence-corrected chi connectivity index (χ0v) is 11.1. The SMILES string of the molecule is CN(Cc1ccc(C(=O)O)cc1)C(=O)[C@@H]1CCC(=O)N1. The lowest BCUT2D eigenvalue weighted by Crippen LogP contribution is -2.42. The normalized spacial score (nSPS) is 17.6. The molecule has 1 aromatic rings. The Kier molecular flexibility index (Phi) is 4.02. The van der Waals surface area contributed by atoms with E-state index in [1.165, 1.54) is 17.0 Å². The van der Waals surface area contributed by atoms with Crippen LogP contribution in [0.2, 0.25) is 0 Å². The minimum atomic E-state index is -0.977. The van der Waals surface area contributed by atoms with Gasteiger partial charge in [-0.15, -0.1) is 0 Å². The van der Waals surface area contributed by atoms with Crippen LogP contribution in [-0.2, 0) is 16.1 Å². The molecule has 1 atom stereocenters. The van der Waals surface area contributed by atoms with Gasteiger partial charge in [0.15, 0.2) is 0 Å². The molecule has 0 radical (unpaired) electrons. The van der Waals surface area contributed by atoms with Crippen molar-refractivity contribution in [2.24, 2.45) is 0 Å². The van der Waals surface area contributed by atoms with Crippen LogP contribution in [-0.4, -0.2) is 40.9 Å². The van der Waals surface area contributed by atoms with E-state index in [1.807, 2.05) is 0 Å². The van der Waals surface area contributed by atoms with Crippen LogP contribution in [0.25, 0.3) is 0 Å². The minimum Gasteiger partial charge on any atom is -0.478 e. The maximum Gasteiger partial charge on any atom is 0.335 e. The molecule has 6 nitrogen and oxygen atoms in total. The quantitative estimate of drug-likeness (QED) is 0.844.